The van der Waals surface area contributed by atoms with Crippen LogP contribution in [0.2, 0.25) is 0 Å². The molecule has 0 unspecified atom stereocenters. The average molecular weight is 268 g/mol. The Hall–Kier alpha value is -1.75. The van der Waals surface area contributed by atoms with Crippen LogP contribution < -0.4 is 0 Å². The first-order chi connectivity index (χ1) is 8.83. The van der Waals surface area contributed by atoms with Crippen molar-refractivity contribution in [3.05, 3.63) is 10.4 Å². The Labute approximate surface area is 112 Å². The third kappa shape index (κ3) is 5.18. The van der Waals surface area contributed by atoms with Gasteiger partial charge in [0.05, 0.1) is 0 Å². The van der Waals surface area contributed by atoms with Crippen molar-refractivity contribution in [2.75, 3.05) is 13.1 Å². The average Bonchev–Trinajstić information content (AvgIpc) is 2.42. The second-order valence-corrected chi connectivity index (χ2v) is 5.56. The molecule has 1 aliphatic rings. The van der Waals surface area contributed by atoms with E-state index in [1.54, 1.807) is 20.8 Å². The van der Waals surface area contributed by atoms with Crippen molar-refractivity contribution < 1.29 is 14.3 Å². The fraction of sp³-hybridized carbons (Fsp3) is 0.833. The van der Waals surface area contributed by atoms with Gasteiger partial charge in [-0.25, -0.2) is 0 Å². The van der Waals surface area contributed by atoms with Gasteiger partial charge in [-0.2, -0.15) is 0 Å². The van der Waals surface area contributed by atoms with Crippen LogP contribution in [0.15, 0.2) is 5.11 Å². The van der Waals surface area contributed by atoms with Crippen LogP contribution in [0.5, 0.6) is 0 Å². The topological polar surface area (TPSA) is 95.4 Å². The molecule has 0 aliphatic carbocycles. The molecule has 0 bridgehead atoms. The lowest BCUT2D eigenvalue weighted by molar-refractivity contribution is -0.158. The van der Waals surface area contributed by atoms with Crippen molar-refractivity contribution in [1.29, 1.82) is 0 Å². The van der Waals surface area contributed by atoms with Crippen LogP contribution in [-0.2, 0) is 14.3 Å². The van der Waals surface area contributed by atoms with E-state index in [2.05, 4.69) is 10.0 Å². The fourth-order valence-corrected chi connectivity index (χ4v) is 1.94. The van der Waals surface area contributed by atoms with Crippen LogP contribution in [0.1, 0.15) is 40.0 Å². The number of nitrogens with zero attached hydrogens (tertiary/aromatic N) is 4. The predicted octanol–water partition coefficient (Wildman–Crippen LogP) is 2.02. The number of ether oxygens (including phenoxy) is 1. The van der Waals surface area contributed by atoms with Crippen molar-refractivity contribution in [2.45, 2.75) is 51.7 Å². The van der Waals surface area contributed by atoms with Gasteiger partial charge in [0.1, 0.15) is 18.2 Å². The Morgan fingerprint density at radius 2 is 2.21 bits per heavy atom. The summed E-state index contributed by atoms with van der Waals surface area (Å²) in [6, 6.07) is -0.699. The second-order valence-electron chi connectivity index (χ2n) is 5.56. The summed E-state index contributed by atoms with van der Waals surface area (Å²) >= 11 is 0. The minimum Gasteiger partial charge on any atom is -0.459 e. The SMILES string of the molecule is CC(C)(C)OC(=O)CN1CCCC[C@H](N=[N+]=[N-])C1=O. The molecule has 1 atom stereocenters. The number of hydrogen-bond donors (Lipinski definition) is 0. The summed E-state index contributed by atoms with van der Waals surface area (Å²) in [5.41, 5.74) is 7.87. The summed E-state index contributed by atoms with van der Waals surface area (Å²) in [5, 5.41) is 3.49. The highest BCUT2D eigenvalue weighted by atomic mass is 16.6. The Bertz CT molecular complexity index is 396. The van der Waals surface area contributed by atoms with Crippen molar-refractivity contribution in [3.8, 4) is 0 Å². The zero-order valence-electron chi connectivity index (χ0n) is 11.6. The van der Waals surface area contributed by atoms with E-state index in [0.717, 1.165) is 12.8 Å². The molecule has 0 radical (unpaired) electrons. The standard InChI is InChI=1S/C12H20N4O3/c1-12(2,3)19-10(17)8-16-7-5-4-6-9(11(16)18)14-15-13/h9H,4-8H2,1-3H3/t9-/m0/s1. The Morgan fingerprint density at radius 3 is 2.79 bits per heavy atom. The number of carbonyl (C=O) groups is 2. The molecule has 0 aromatic rings. The molecule has 7 nitrogen and oxygen atoms in total. The Morgan fingerprint density at radius 1 is 1.53 bits per heavy atom. The van der Waals surface area contributed by atoms with Crippen LogP contribution in [0.3, 0.4) is 0 Å². The Balaban J connectivity index is 2.67. The first kappa shape index (κ1) is 15.3. The summed E-state index contributed by atoms with van der Waals surface area (Å²) < 4.78 is 5.19. The summed E-state index contributed by atoms with van der Waals surface area (Å²) in [7, 11) is 0. The van der Waals surface area contributed by atoms with Crippen LogP contribution in [0, 0.1) is 0 Å². The molecule has 7 heteroatoms. The molecule has 1 fully saturated rings. The van der Waals surface area contributed by atoms with Gasteiger partial charge in [-0.15, -0.1) is 0 Å². The van der Waals surface area contributed by atoms with Gasteiger partial charge < -0.3 is 9.64 Å². The fourth-order valence-electron chi connectivity index (χ4n) is 1.94. The molecule has 1 aliphatic heterocycles. The summed E-state index contributed by atoms with van der Waals surface area (Å²) in [6.07, 6.45) is 2.14. The molecule has 0 spiro atoms. The van der Waals surface area contributed by atoms with Gasteiger partial charge in [0.15, 0.2) is 0 Å². The van der Waals surface area contributed by atoms with E-state index in [9.17, 15) is 9.59 Å². The molecule has 0 saturated carbocycles. The number of esters is 1. The lowest BCUT2D eigenvalue weighted by atomic mass is 10.1. The highest BCUT2D eigenvalue weighted by molar-refractivity contribution is 5.86. The first-order valence-electron chi connectivity index (χ1n) is 6.38. The molecule has 19 heavy (non-hydrogen) atoms. The van der Waals surface area contributed by atoms with E-state index in [0.29, 0.717) is 13.0 Å². The van der Waals surface area contributed by atoms with Crippen molar-refractivity contribution in [1.82, 2.24) is 4.90 Å². The van der Waals surface area contributed by atoms with E-state index in [1.807, 2.05) is 0 Å². The molecular weight excluding hydrogens is 248 g/mol. The van der Waals surface area contributed by atoms with Crippen molar-refractivity contribution in [3.63, 3.8) is 0 Å². The van der Waals surface area contributed by atoms with E-state index < -0.39 is 17.6 Å². The maximum Gasteiger partial charge on any atom is 0.326 e. The minimum absolute atomic E-state index is 0.0897. The van der Waals surface area contributed by atoms with Gasteiger partial charge in [-0.3, -0.25) is 9.59 Å². The maximum atomic E-state index is 12.1. The molecule has 0 aromatic carbocycles. The third-order valence-electron chi connectivity index (χ3n) is 2.68. The van der Waals surface area contributed by atoms with E-state index in [-0.39, 0.29) is 12.5 Å². The number of amides is 1. The van der Waals surface area contributed by atoms with Crippen LogP contribution in [-0.4, -0.2) is 41.5 Å². The predicted molar refractivity (Wildman–Crippen MR) is 69.2 cm³/mol. The normalized spacial score (nSPS) is 20.5. The second kappa shape index (κ2) is 6.43. The van der Waals surface area contributed by atoms with Gasteiger partial charge in [0.2, 0.25) is 5.91 Å². The number of azide groups is 1. The zero-order valence-corrected chi connectivity index (χ0v) is 11.6. The van der Waals surface area contributed by atoms with Crippen molar-refractivity contribution >= 4 is 11.9 Å². The lowest BCUT2D eigenvalue weighted by Crippen LogP contribution is -2.42. The highest BCUT2D eigenvalue weighted by Crippen LogP contribution is 2.16. The number of rotatable bonds is 3. The molecule has 106 valence electrons. The Kier molecular flexibility index (Phi) is 5.18. The number of hydrogen-bond acceptors (Lipinski definition) is 4. The van der Waals surface area contributed by atoms with Gasteiger partial charge in [0, 0.05) is 11.5 Å². The molecule has 1 rings (SSSR count). The van der Waals surface area contributed by atoms with E-state index in [4.69, 9.17) is 10.3 Å². The van der Waals surface area contributed by atoms with Crippen LogP contribution in [0.4, 0.5) is 0 Å². The quantitative estimate of drug-likeness (QED) is 0.339. The van der Waals surface area contributed by atoms with Gasteiger partial charge >= 0.3 is 5.97 Å². The molecule has 1 amide bonds. The monoisotopic (exact) mass is 268 g/mol. The van der Waals surface area contributed by atoms with E-state index >= 15 is 0 Å². The van der Waals surface area contributed by atoms with Crippen LogP contribution >= 0.6 is 0 Å². The third-order valence-corrected chi connectivity index (χ3v) is 2.68. The minimum atomic E-state index is -0.699. The summed E-state index contributed by atoms with van der Waals surface area (Å²) in [5.74, 6) is -0.733. The molecular formula is C12H20N4O3. The smallest absolute Gasteiger partial charge is 0.326 e. The van der Waals surface area contributed by atoms with Crippen molar-refractivity contribution in [2.24, 2.45) is 5.11 Å². The molecule has 0 aromatic heterocycles. The molecule has 0 N–H and O–H groups in total. The molecule has 1 saturated heterocycles. The summed E-state index contributed by atoms with van der Waals surface area (Å²) in [6.45, 7) is 5.73. The summed E-state index contributed by atoms with van der Waals surface area (Å²) in [4.78, 5) is 27.9. The zero-order chi connectivity index (χ0) is 14.5. The van der Waals surface area contributed by atoms with Gasteiger partial charge in [-0.05, 0) is 39.1 Å². The molecule has 1 heterocycles. The number of carbonyl (C=O) groups excluding carboxylic acids is 2. The van der Waals surface area contributed by atoms with Crippen LogP contribution in [0.25, 0.3) is 10.4 Å². The highest BCUT2D eigenvalue weighted by Gasteiger charge is 2.28. The lowest BCUT2D eigenvalue weighted by Gasteiger charge is -2.25. The maximum absolute atomic E-state index is 12.1. The van der Waals surface area contributed by atoms with Gasteiger partial charge in [-0.1, -0.05) is 11.5 Å². The number of likely N-dealkylation sites (tertiary alicyclic amines) is 1. The van der Waals surface area contributed by atoms with Gasteiger partial charge in [0.25, 0.3) is 0 Å². The largest absolute Gasteiger partial charge is 0.459 e. The van der Waals surface area contributed by atoms with E-state index in [1.165, 1.54) is 4.90 Å². The first-order valence-corrected chi connectivity index (χ1v) is 6.38.